The minimum atomic E-state index is -0.947. The summed E-state index contributed by atoms with van der Waals surface area (Å²) in [6.45, 7) is -0.132. The molecule has 1 aromatic carbocycles. The molecule has 0 aliphatic heterocycles. The van der Waals surface area contributed by atoms with Crippen LogP contribution in [0.1, 0.15) is 10.4 Å². The van der Waals surface area contributed by atoms with Gasteiger partial charge in [-0.2, -0.15) is 0 Å². The molecule has 0 amide bonds. The molecular weight excluding hydrogens is 284 g/mol. The summed E-state index contributed by atoms with van der Waals surface area (Å²) in [6.07, 6.45) is 0. The lowest BCUT2D eigenvalue weighted by atomic mass is 10.1. The van der Waals surface area contributed by atoms with Gasteiger partial charge in [0.2, 0.25) is 0 Å². The van der Waals surface area contributed by atoms with Crippen molar-refractivity contribution in [1.29, 1.82) is 0 Å². The number of ketones is 1. The van der Waals surface area contributed by atoms with E-state index in [4.69, 9.17) is 4.74 Å². The number of rotatable bonds is 4. The van der Waals surface area contributed by atoms with Gasteiger partial charge in [0.1, 0.15) is 11.6 Å². The highest BCUT2D eigenvalue weighted by Gasteiger charge is 2.22. The average Bonchev–Trinajstić information content (AvgIpc) is 2.24. The minimum Gasteiger partial charge on any atom is -0.495 e. The molecule has 88 valence electrons. The Balaban J connectivity index is 3.30. The first-order valence-electron chi connectivity index (χ1n) is 4.42. The van der Waals surface area contributed by atoms with E-state index in [1.54, 1.807) is 0 Å². The molecule has 0 heterocycles. The van der Waals surface area contributed by atoms with E-state index in [1.165, 1.54) is 14.2 Å². The summed E-state index contributed by atoms with van der Waals surface area (Å²) in [4.78, 5) is 11.4. The fourth-order valence-electron chi connectivity index (χ4n) is 1.23. The molecule has 1 N–H and O–H groups in total. The zero-order valence-electron chi connectivity index (χ0n) is 8.73. The van der Waals surface area contributed by atoms with Crippen molar-refractivity contribution in [2.75, 3.05) is 20.7 Å². The number of benzene rings is 1. The van der Waals surface area contributed by atoms with Crippen molar-refractivity contribution in [1.82, 2.24) is 5.32 Å². The molecule has 1 aromatic rings. The van der Waals surface area contributed by atoms with Gasteiger partial charge in [0, 0.05) is 6.07 Å². The lowest BCUT2D eigenvalue weighted by molar-refractivity contribution is 0.0985. The first-order valence-corrected chi connectivity index (χ1v) is 5.21. The molecule has 0 atom stereocenters. The summed E-state index contributed by atoms with van der Waals surface area (Å²) in [6, 6.07) is 0.968. The van der Waals surface area contributed by atoms with Gasteiger partial charge >= 0.3 is 0 Å². The maximum absolute atomic E-state index is 13.7. The van der Waals surface area contributed by atoms with Crippen LogP contribution in [0.5, 0.6) is 5.75 Å². The maximum Gasteiger partial charge on any atom is 0.182 e. The number of likely N-dealkylation sites (N-methyl/N-ethyl adjacent to an activating group) is 1. The molecule has 0 aliphatic carbocycles. The van der Waals surface area contributed by atoms with Gasteiger partial charge < -0.3 is 10.1 Å². The van der Waals surface area contributed by atoms with Crippen molar-refractivity contribution in [2.45, 2.75) is 0 Å². The standard InChI is InChI=1S/C10H10BrF2NO2/c1-14-4-6(15)8-5(12)3-7(16-2)9(11)10(8)13/h3,14H,4H2,1-2H3. The third kappa shape index (κ3) is 2.38. The van der Waals surface area contributed by atoms with Gasteiger partial charge in [-0.25, -0.2) is 8.78 Å². The van der Waals surface area contributed by atoms with Crippen LogP contribution in [0.25, 0.3) is 0 Å². The van der Waals surface area contributed by atoms with E-state index in [-0.39, 0.29) is 16.8 Å². The van der Waals surface area contributed by atoms with Crippen LogP contribution in [-0.2, 0) is 0 Å². The van der Waals surface area contributed by atoms with Crippen molar-refractivity contribution in [2.24, 2.45) is 0 Å². The molecule has 0 radical (unpaired) electrons. The van der Waals surface area contributed by atoms with E-state index in [0.29, 0.717) is 0 Å². The molecule has 0 fully saturated rings. The molecule has 0 aromatic heterocycles. The van der Waals surface area contributed by atoms with Crippen LogP contribution < -0.4 is 10.1 Å². The Morgan fingerprint density at radius 1 is 1.56 bits per heavy atom. The SMILES string of the molecule is CNCC(=O)c1c(F)cc(OC)c(Br)c1F. The molecule has 3 nitrogen and oxygen atoms in total. The highest BCUT2D eigenvalue weighted by atomic mass is 79.9. The average molecular weight is 294 g/mol. The van der Waals surface area contributed by atoms with Gasteiger partial charge in [0.15, 0.2) is 11.6 Å². The fraction of sp³-hybridized carbons (Fsp3) is 0.300. The number of carbonyl (C=O) groups excluding carboxylic acids is 1. The second-order valence-corrected chi connectivity index (χ2v) is 3.81. The van der Waals surface area contributed by atoms with Crippen molar-refractivity contribution in [3.63, 3.8) is 0 Å². The third-order valence-electron chi connectivity index (χ3n) is 1.96. The summed E-state index contributed by atoms with van der Waals surface area (Å²) in [7, 11) is 2.81. The predicted octanol–water partition coefficient (Wildman–Crippen LogP) is 2.14. The smallest absolute Gasteiger partial charge is 0.182 e. The van der Waals surface area contributed by atoms with E-state index in [0.717, 1.165) is 6.07 Å². The van der Waals surface area contributed by atoms with Crippen LogP contribution in [0, 0.1) is 11.6 Å². The van der Waals surface area contributed by atoms with Crippen molar-refractivity contribution in [3.8, 4) is 5.75 Å². The molecule has 0 spiro atoms. The molecule has 0 aliphatic rings. The van der Waals surface area contributed by atoms with Crippen LogP contribution in [0.2, 0.25) is 0 Å². The Morgan fingerprint density at radius 2 is 2.19 bits per heavy atom. The molecule has 16 heavy (non-hydrogen) atoms. The Bertz CT molecular complexity index is 424. The van der Waals surface area contributed by atoms with Gasteiger partial charge in [-0.3, -0.25) is 4.79 Å². The molecule has 0 saturated heterocycles. The van der Waals surface area contributed by atoms with Gasteiger partial charge in [0.25, 0.3) is 0 Å². The Morgan fingerprint density at radius 3 is 2.69 bits per heavy atom. The molecule has 6 heteroatoms. The number of halogens is 3. The van der Waals surface area contributed by atoms with Crippen molar-refractivity contribution >= 4 is 21.7 Å². The molecule has 1 rings (SSSR count). The van der Waals surface area contributed by atoms with Crippen molar-refractivity contribution in [3.05, 3.63) is 27.7 Å². The lowest BCUT2D eigenvalue weighted by Crippen LogP contribution is -2.21. The second kappa shape index (κ2) is 5.36. The number of methoxy groups -OCH3 is 1. The summed E-state index contributed by atoms with van der Waals surface area (Å²) in [5.41, 5.74) is -0.568. The molecular formula is C10H10BrF2NO2. The highest BCUT2D eigenvalue weighted by molar-refractivity contribution is 9.10. The number of ether oxygens (including phenoxy) is 1. The van der Waals surface area contributed by atoms with Crippen LogP contribution in [-0.4, -0.2) is 26.5 Å². The lowest BCUT2D eigenvalue weighted by Gasteiger charge is -2.09. The third-order valence-corrected chi connectivity index (χ3v) is 2.70. The van der Waals surface area contributed by atoms with Gasteiger partial charge in [-0.05, 0) is 23.0 Å². The summed E-state index contributed by atoms with van der Waals surface area (Å²) >= 11 is 2.91. The predicted molar refractivity (Wildman–Crippen MR) is 58.9 cm³/mol. The normalized spacial score (nSPS) is 10.3. The number of carbonyl (C=O) groups is 1. The summed E-state index contributed by atoms with van der Waals surface area (Å²) < 4.78 is 31.8. The van der Waals surface area contributed by atoms with Crippen LogP contribution >= 0.6 is 15.9 Å². The van der Waals surface area contributed by atoms with E-state index >= 15 is 0 Å². The van der Waals surface area contributed by atoms with Gasteiger partial charge in [0.05, 0.1) is 23.7 Å². The highest BCUT2D eigenvalue weighted by Crippen LogP contribution is 2.31. The second-order valence-electron chi connectivity index (χ2n) is 3.02. The van der Waals surface area contributed by atoms with Crippen molar-refractivity contribution < 1.29 is 18.3 Å². The Labute approximate surface area is 99.9 Å². The number of Topliss-reactive ketones (excluding diaryl/α,β-unsaturated/α-hetero) is 1. The Hall–Kier alpha value is -1.01. The molecule has 0 saturated carbocycles. The van der Waals surface area contributed by atoms with E-state index in [9.17, 15) is 13.6 Å². The summed E-state index contributed by atoms with van der Waals surface area (Å²) in [5, 5.41) is 2.54. The summed E-state index contributed by atoms with van der Waals surface area (Å²) in [5.74, 6) is -2.52. The molecule has 0 bridgehead atoms. The van der Waals surface area contributed by atoms with Crippen LogP contribution in [0.3, 0.4) is 0 Å². The van der Waals surface area contributed by atoms with E-state index < -0.39 is 23.0 Å². The van der Waals surface area contributed by atoms with Crippen LogP contribution in [0.15, 0.2) is 10.5 Å². The van der Waals surface area contributed by atoms with Crippen LogP contribution in [0.4, 0.5) is 8.78 Å². The zero-order valence-corrected chi connectivity index (χ0v) is 10.3. The monoisotopic (exact) mass is 293 g/mol. The number of hydrogen-bond donors (Lipinski definition) is 1. The maximum atomic E-state index is 13.7. The first kappa shape index (κ1) is 13.1. The topological polar surface area (TPSA) is 38.3 Å². The number of nitrogens with one attached hydrogen (secondary N) is 1. The Kier molecular flexibility index (Phi) is 4.37. The molecule has 0 unspecified atom stereocenters. The van der Waals surface area contributed by atoms with E-state index in [2.05, 4.69) is 21.2 Å². The van der Waals surface area contributed by atoms with Gasteiger partial charge in [-0.15, -0.1) is 0 Å². The van der Waals surface area contributed by atoms with E-state index in [1.807, 2.05) is 0 Å². The fourth-order valence-corrected chi connectivity index (χ4v) is 1.70. The first-order chi connectivity index (χ1) is 7.52. The quantitative estimate of drug-likeness (QED) is 0.683. The largest absolute Gasteiger partial charge is 0.495 e. The minimum absolute atomic E-state index is 0.0102. The number of hydrogen-bond acceptors (Lipinski definition) is 3. The van der Waals surface area contributed by atoms with Gasteiger partial charge in [-0.1, -0.05) is 0 Å². The zero-order chi connectivity index (χ0) is 12.3.